The van der Waals surface area contributed by atoms with Crippen molar-refractivity contribution < 1.29 is 41.9 Å². The second kappa shape index (κ2) is 9.40. The number of ether oxygens (including phenoxy) is 1. The molecule has 13 heteroatoms. The van der Waals surface area contributed by atoms with Crippen LogP contribution in [0.5, 0.6) is 0 Å². The average molecular weight is 502 g/mol. The summed E-state index contributed by atoms with van der Waals surface area (Å²) in [7, 11) is 0. The number of carbonyl (C=O) groups excluding carboxylic acids is 5. The number of piperidine rings is 1. The number of likely N-dealkylation sites (tertiary alicyclic amines) is 1. The largest absolute Gasteiger partial charge is 0.522 e. The molecule has 0 aromatic rings. The summed E-state index contributed by atoms with van der Waals surface area (Å²) in [4.78, 5) is 64.6. The predicted molar refractivity (Wildman–Crippen MR) is 112 cm³/mol. The van der Waals surface area contributed by atoms with Crippen LogP contribution in [-0.2, 0) is 28.7 Å². The van der Waals surface area contributed by atoms with Gasteiger partial charge in [-0.1, -0.05) is 0 Å². The summed E-state index contributed by atoms with van der Waals surface area (Å²) in [5.74, 6) is -4.62. The van der Waals surface area contributed by atoms with Crippen molar-refractivity contribution in [1.82, 2.24) is 20.9 Å². The first kappa shape index (κ1) is 25.4. The second-order valence-corrected chi connectivity index (χ2v) is 10.2. The highest BCUT2D eigenvalue weighted by molar-refractivity contribution is 6.35. The Balaban J connectivity index is 1.47. The lowest BCUT2D eigenvalue weighted by atomic mass is 9.93. The van der Waals surface area contributed by atoms with Crippen LogP contribution in [0.15, 0.2) is 0 Å². The first-order valence-electron chi connectivity index (χ1n) is 11.8. The van der Waals surface area contributed by atoms with E-state index in [1.807, 2.05) is 6.92 Å². The molecule has 4 fully saturated rings. The molecule has 2 saturated carbocycles. The highest BCUT2D eigenvalue weighted by Gasteiger charge is 2.53. The fourth-order valence-corrected chi connectivity index (χ4v) is 5.31. The summed E-state index contributed by atoms with van der Waals surface area (Å²) >= 11 is 0. The van der Waals surface area contributed by atoms with Crippen molar-refractivity contribution >= 4 is 29.4 Å². The lowest BCUT2D eigenvalue weighted by Gasteiger charge is -2.35. The van der Waals surface area contributed by atoms with E-state index in [0.717, 1.165) is 12.8 Å². The molecule has 2 bridgehead atoms. The van der Waals surface area contributed by atoms with E-state index in [1.165, 1.54) is 4.90 Å². The molecule has 0 aromatic heterocycles. The van der Waals surface area contributed by atoms with Crippen molar-refractivity contribution in [1.29, 1.82) is 0 Å². The molecular weight excluding hydrogens is 473 g/mol. The standard InChI is InChI=1S/C22H29F3N4O6/c1-21(5-6-21)28-19(33)20(34)29-13-3-2-11(8-13)16(29)18(32)27-14(9-12-4-7-26-17(12)31)15(30)10-35-22(23,24)25/h11-14,16H,2-10H2,1H3,(H,26,31)(H,27,32)(H,28,33)/t11-,12+,13+,14+,16+/m1/s1. The molecule has 10 nitrogen and oxygen atoms in total. The molecule has 2 aliphatic carbocycles. The van der Waals surface area contributed by atoms with E-state index in [4.69, 9.17) is 0 Å². The predicted octanol–water partition coefficient (Wildman–Crippen LogP) is 0.151. The van der Waals surface area contributed by atoms with E-state index < -0.39 is 60.0 Å². The lowest BCUT2D eigenvalue weighted by molar-refractivity contribution is -0.321. The second-order valence-electron chi connectivity index (χ2n) is 10.2. The van der Waals surface area contributed by atoms with Gasteiger partial charge in [-0.3, -0.25) is 28.7 Å². The maximum absolute atomic E-state index is 13.3. The summed E-state index contributed by atoms with van der Waals surface area (Å²) in [6, 6.07) is -2.73. The van der Waals surface area contributed by atoms with Crippen LogP contribution in [0, 0.1) is 11.8 Å². The van der Waals surface area contributed by atoms with Crippen molar-refractivity contribution in [3.05, 3.63) is 0 Å². The molecule has 0 aromatic carbocycles. The normalized spacial score (nSPS) is 29.5. The first-order chi connectivity index (χ1) is 16.4. The van der Waals surface area contributed by atoms with Gasteiger partial charge in [0.05, 0.1) is 6.04 Å². The zero-order valence-electron chi connectivity index (χ0n) is 19.3. The molecule has 0 spiro atoms. The third-order valence-electron chi connectivity index (χ3n) is 7.46. The smallest absolute Gasteiger partial charge is 0.356 e. The van der Waals surface area contributed by atoms with Crippen molar-refractivity contribution in [3.8, 4) is 0 Å². The van der Waals surface area contributed by atoms with E-state index >= 15 is 0 Å². The number of Topliss-reactive ketones (excluding diaryl/α,β-unsaturated/α-hetero) is 1. The summed E-state index contributed by atoms with van der Waals surface area (Å²) in [5.41, 5.74) is -0.429. The Labute approximate surface area is 199 Å². The monoisotopic (exact) mass is 502 g/mol. The van der Waals surface area contributed by atoms with Gasteiger partial charge in [0, 0.05) is 24.0 Å². The van der Waals surface area contributed by atoms with Crippen LogP contribution in [-0.4, -0.2) is 77.5 Å². The maximum Gasteiger partial charge on any atom is 0.522 e. The molecule has 3 N–H and O–H groups in total. The van der Waals surface area contributed by atoms with Crippen LogP contribution < -0.4 is 16.0 Å². The molecule has 4 aliphatic rings. The number of nitrogens with one attached hydrogen (secondary N) is 3. The van der Waals surface area contributed by atoms with Gasteiger partial charge in [0.15, 0.2) is 5.78 Å². The van der Waals surface area contributed by atoms with Crippen LogP contribution in [0.3, 0.4) is 0 Å². The third-order valence-corrected chi connectivity index (χ3v) is 7.46. The van der Waals surface area contributed by atoms with Gasteiger partial charge in [-0.05, 0) is 57.8 Å². The molecule has 2 heterocycles. The summed E-state index contributed by atoms with van der Waals surface area (Å²) in [6.07, 6.45) is -1.55. The quantitative estimate of drug-likeness (QED) is 0.405. The SMILES string of the molecule is CC1(NC(=O)C(=O)N2[C@H]3CC[C@H](C3)[C@H]2C(=O)N[C@@H](C[C@@H]2CCNC2=O)C(=O)COC(F)(F)F)CC1. The van der Waals surface area contributed by atoms with Crippen molar-refractivity contribution in [2.75, 3.05) is 13.2 Å². The molecule has 35 heavy (non-hydrogen) atoms. The van der Waals surface area contributed by atoms with Crippen molar-refractivity contribution in [3.63, 3.8) is 0 Å². The number of amides is 4. The van der Waals surface area contributed by atoms with Gasteiger partial charge in [-0.15, -0.1) is 13.2 Å². The Morgan fingerprint density at radius 3 is 2.51 bits per heavy atom. The number of alkyl halides is 3. The van der Waals surface area contributed by atoms with Gasteiger partial charge in [0.1, 0.15) is 12.6 Å². The summed E-state index contributed by atoms with van der Waals surface area (Å²) in [5, 5.41) is 7.74. The number of carbonyl (C=O) groups is 5. The third kappa shape index (κ3) is 5.76. The minimum atomic E-state index is -5.03. The maximum atomic E-state index is 13.3. The van der Waals surface area contributed by atoms with Crippen LogP contribution in [0.4, 0.5) is 13.2 Å². The number of ketones is 1. The minimum Gasteiger partial charge on any atom is -0.356 e. The number of fused-ring (bicyclic) bond motifs is 2. The number of rotatable bonds is 8. The molecule has 4 rings (SSSR count). The molecule has 0 radical (unpaired) electrons. The number of hydrogen-bond acceptors (Lipinski definition) is 6. The van der Waals surface area contributed by atoms with E-state index in [9.17, 15) is 37.1 Å². The van der Waals surface area contributed by atoms with Crippen LogP contribution in [0.25, 0.3) is 0 Å². The number of hydrogen-bond donors (Lipinski definition) is 3. The fourth-order valence-electron chi connectivity index (χ4n) is 5.31. The molecule has 4 amide bonds. The van der Waals surface area contributed by atoms with Crippen molar-refractivity contribution in [2.24, 2.45) is 11.8 Å². The highest BCUT2D eigenvalue weighted by Crippen LogP contribution is 2.43. The Morgan fingerprint density at radius 2 is 1.91 bits per heavy atom. The van der Waals surface area contributed by atoms with Crippen LogP contribution >= 0.6 is 0 Å². The van der Waals surface area contributed by atoms with E-state index in [1.54, 1.807) is 0 Å². The van der Waals surface area contributed by atoms with Gasteiger partial charge < -0.3 is 20.9 Å². The highest BCUT2D eigenvalue weighted by atomic mass is 19.4. The zero-order chi connectivity index (χ0) is 25.5. The molecule has 0 unspecified atom stereocenters. The van der Waals surface area contributed by atoms with Crippen molar-refractivity contribution in [2.45, 2.75) is 81.9 Å². The molecule has 5 atom stereocenters. The van der Waals surface area contributed by atoms with E-state index in [0.29, 0.717) is 32.2 Å². The number of halogens is 3. The van der Waals surface area contributed by atoms with Crippen LogP contribution in [0.2, 0.25) is 0 Å². The Hall–Kier alpha value is -2.70. The van der Waals surface area contributed by atoms with E-state index in [-0.39, 0.29) is 24.3 Å². The fraction of sp³-hybridized carbons (Fsp3) is 0.773. The average Bonchev–Trinajstić information content (AvgIpc) is 3.15. The zero-order valence-corrected chi connectivity index (χ0v) is 19.3. The van der Waals surface area contributed by atoms with Gasteiger partial charge in [0.25, 0.3) is 0 Å². The summed E-state index contributed by atoms with van der Waals surface area (Å²) < 4.78 is 41.1. The minimum absolute atomic E-state index is 0.189. The number of nitrogens with zero attached hydrogens (tertiary/aromatic N) is 1. The molecule has 194 valence electrons. The molecular formula is C22H29F3N4O6. The lowest BCUT2D eigenvalue weighted by Crippen LogP contribution is -2.59. The van der Waals surface area contributed by atoms with Gasteiger partial charge in [-0.25, -0.2) is 0 Å². The Bertz CT molecular complexity index is 921. The Kier molecular flexibility index (Phi) is 6.82. The van der Waals surface area contributed by atoms with Gasteiger partial charge in [-0.2, -0.15) is 0 Å². The summed E-state index contributed by atoms with van der Waals surface area (Å²) in [6.45, 7) is 0.861. The van der Waals surface area contributed by atoms with E-state index in [2.05, 4.69) is 20.7 Å². The first-order valence-corrected chi connectivity index (χ1v) is 11.8. The van der Waals surface area contributed by atoms with Gasteiger partial charge >= 0.3 is 18.2 Å². The molecule has 2 saturated heterocycles. The molecule has 2 aliphatic heterocycles. The van der Waals surface area contributed by atoms with Crippen LogP contribution in [0.1, 0.15) is 51.9 Å². The van der Waals surface area contributed by atoms with Gasteiger partial charge in [0.2, 0.25) is 11.8 Å². The Morgan fingerprint density at radius 1 is 1.20 bits per heavy atom. The topological polar surface area (TPSA) is 134 Å².